The van der Waals surface area contributed by atoms with Crippen molar-refractivity contribution in [1.29, 1.82) is 0 Å². The molecule has 0 fully saturated rings. The topological polar surface area (TPSA) is 32.7 Å². The molecule has 3 heteroatoms. The summed E-state index contributed by atoms with van der Waals surface area (Å²) >= 11 is 0. The minimum Gasteiger partial charge on any atom is -0.504 e. The molecule has 0 radical (unpaired) electrons. The van der Waals surface area contributed by atoms with E-state index in [1.165, 1.54) is 37.1 Å². The van der Waals surface area contributed by atoms with Crippen LogP contribution < -0.4 is 4.74 Å². The van der Waals surface area contributed by atoms with Crippen molar-refractivity contribution < 1.29 is 9.84 Å². The van der Waals surface area contributed by atoms with Gasteiger partial charge in [0, 0.05) is 11.6 Å². The molecule has 0 aromatic heterocycles. The molecule has 0 spiro atoms. The summed E-state index contributed by atoms with van der Waals surface area (Å²) in [5, 5.41) is 10.4. The van der Waals surface area contributed by atoms with Gasteiger partial charge in [-0.2, -0.15) is 0 Å². The van der Waals surface area contributed by atoms with E-state index in [9.17, 15) is 5.11 Å². The minimum absolute atomic E-state index is 0.261. The maximum atomic E-state index is 10.4. The normalized spacial score (nSPS) is 16.5. The second-order valence-electron chi connectivity index (χ2n) is 7.26. The van der Waals surface area contributed by atoms with Crippen molar-refractivity contribution in [2.45, 2.75) is 58.6 Å². The van der Waals surface area contributed by atoms with Crippen molar-refractivity contribution in [3.63, 3.8) is 0 Å². The zero-order valence-electron chi connectivity index (χ0n) is 16.1. The summed E-state index contributed by atoms with van der Waals surface area (Å²) in [5.41, 5.74) is 3.65. The van der Waals surface area contributed by atoms with Crippen LogP contribution in [0.2, 0.25) is 0 Å². The standard InChI is InChI=1S/C23H31NO2/c1-3-14-24(15-4-2)20-11-12-21-19(16-20)10-13-22(25)23(21)26-17-18-8-6-5-7-9-18/h5-10,13,20,25H,3-4,11-12,14-17H2,1-2H3. The summed E-state index contributed by atoms with van der Waals surface area (Å²) in [5.74, 6) is 0.944. The molecule has 1 N–H and O–H groups in total. The number of nitrogens with zero attached hydrogens (tertiary/aromatic N) is 1. The lowest BCUT2D eigenvalue weighted by Crippen LogP contribution is -2.40. The lowest BCUT2D eigenvalue weighted by molar-refractivity contribution is 0.178. The van der Waals surface area contributed by atoms with E-state index >= 15 is 0 Å². The highest BCUT2D eigenvalue weighted by atomic mass is 16.5. The van der Waals surface area contributed by atoms with Crippen LogP contribution in [0.15, 0.2) is 42.5 Å². The molecule has 0 aliphatic heterocycles. The molecule has 2 aromatic carbocycles. The Bertz CT molecular complexity index is 693. The zero-order valence-corrected chi connectivity index (χ0v) is 16.1. The van der Waals surface area contributed by atoms with Crippen LogP contribution >= 0.6 is 0 Å². The van der Waals surface area contributed by atoms with Gasteiger partial charge >= 0.3 is 0 Å². The Morgan fingerprint density at radius 1 is 1.04 bits per heavy atom. The predicted octanol–water partition coefficient (Wildman–Crippen LogP) is 4.95. The molecule has 140 valence electrons. The summed E-state index contributed by atoms with van der Waals surface area (Å²) in [7, 11) is 0. The first kappa shape index (κ1) is 18.8. The van der Waals surface area contributed by atoms with Gasteiger partial charge in [0.1, 0.15) is 6.61 Å². The molecule has 0 saturated carbocycles. The van der Waals surface area contributed by atoms with E-state index in [-0.39, 0.29) is 5.75 Å². The van der Waals surface area contributed by atoms with Crippen LogP contribution in [0.1, 0.15) is 49.8 Å². The van der Waals surface area contributed by atoms with Crippen molar-refractivity contribution in [3.05, 3.63) is 59.2 Å². The molecular formula is C23H31NO2. The average Bonchev–Trinajstić information content (AvgIpc) is 2.67. The lowest BCUT2D eigenvalue weighted by atomic mass is 9.86. The van der Waals surface area contributed by atoms with Crippen molar-refractivity contribution in [2.75, 3.05) is 13.1 Å². The van der Waals surface area contributed by atoms with Crippen LogP contribution in [-0.2, 0) is 19.4 Å². The van der Waals surface area contributed by atoms with E-state index in [0.717, 1.165) is 24.8 Å². The molecule has 0 bridgehead atoms. The summed E-state index contributed by atoms with van der Waals surface area (Å²) < 4.78 is 6.05. The summed E-state index contributed by atoms with van der Waals surface area (Å²) in [4.78, 5) is 2.64. The molecule has 0 amide bonds. The molecule has 0 saturated heterocycles. The van der Waals surface area contributed by atoms with E-state index < -0.39 is 0 Å². The van der Waals surface area contributed by atoms with Gasteiger partial charge in [-0.3, -0.25) is 0 Å². The zero-order chi connectivity index (χ0) is 18.4. The molecular weight excluding hydrogens is 322 g/mol. The number of aromatic hydroxyl groups is 1. The molecule has 3 rings (SSSR count). The third-order valence-electron chi connectivity index (χ3n) is 5.28. The van der Waals surface area contributed by atoms with Crippen molar-refractivity contribution in [2.24, 2.45) is 0 Å². The van der Waals surface area contributed by atoms with Gasteiger partial charge in [-0.25, -0.2) is 0 Å². The Morgan fingerprint density at radius 3 is 2.46 bits per heavy atom. The number of benzene rings is 2. The van der Waals surface area contributed by atoms with Crippen molar-refractivity contribution in [3.8, 4) is 11.5 Å². The fourth-order valence-electron chi connectivity index (χ4n) is 4.04. The van der Waals surface area contributed by atoms with Gasteiger partial charge in [-0.15, -0.1) is 0 Å². The third-order valence-corrected chi connectivity index (χ3v) is 5.28. The highest BCUT2D eigenvalue weighted by Gasteiger charge is 2.26. The van der Waals surface area contributed by atoms with Crippen molar-refractivity contribution >= 4 is 0 Å². The Balaban J connectivity index is 1.75. The molecule has 26 heavy (non-hydrogen) atoms. The molecule has 1 atom stereocenters. The number of hydrogen-bond acceptors (Lipinski definition) is 3. The largest absolute Gasteiger partial charge is 0.504 e. The number of hydrogen-bond donors (Lipinski definition) is 1. The van der Waals surface area contributed by atoms with Crippen LogP contribution in [0.3, 0.4) is 0 Å². The molecule has 1 aliphatic carbocycles. The lowest BCUT2D eigenvalue weighted by Gasteiger charge is -2.35. The highest BCUT2D eigenvalue weighted by Crippen LogP contribution is 2.38. The first-order chi connectivity index (χ1) is 12.7. The monoisotopic (exact) mass is 353 g/mol. The quantitative estimate of drug-likeness (QED) is 0.729. The van der Waals surface area contributed by atoms with Gasteiger partial charge in [-0.1, -0.05) is 50.2 Å². The van der Waals surface area contributed by atoms with Crippen LogP contribution in [0.5, 0.6) is 11.5 Å². The van der Waals surface area contributed by atoms with Crippen LogP contribution in [0.25, 0.3) is 0 Å². The van der Waals surface area contributed by atoms with E-state index in [0.29, 0.717) is 18.4 Å². The summed E-state index contributed by atoms with van der Waals surface area (Å²) in [6.45, 7) is 7.35. The minimum atomic E-state index is 0.261. The Hall–Kier alpha value is -2.00. The SMILES string of the molecule is CCCN(CCC)C1CCc2c(ccc(O)c2OCc2ccccc2)C1. The van der Waals surface area contributed by atoms with E-state index in [4.69, 9.17) is 4.74 Å². The highest BCUT2D eigenvalue weighted by molar-refractivity contribution is 5.51. The maximum Gasteiger partial charge on any atom is 0.164 e. The van der Waals surface area contributed by atoms with E-state index in [1.54, 1.807) is 6.07 Å². The number of phenolic OH excluding ortho intramolecular Hbond substituents is 1. The number of rotatable bonds is 8. The van der Waals surface area contributed by atoms with Gasteiger partial charge in [-0.05, 0) is 62.4 Å². The van der Waals surface area contributed by atoms with Gasteiger partial charge in [0.05, 0.1) is 0 Å². The first-order valence-corrected chi connectivity index (χ1v) is 9.97. The fraction of sp³-hybridized carbons (Fsp3) is 0.478. The maximum absolute atomic E-state index is 10.4. The van der Waals surface area contributed by atoms with Gasteiger partial charge in [0.15, 0.2) is 11.5 Å². The second-order valence-corrected chi connectivity index (χ2v) is 7.26. The van der Waals surface area contributed by atoms with Gasteiger partial charge in [0.2, 0.25) is 0 Å². The van der Waals surface area contributed by atoms with E-state index in [1.807, 2.05) is 18.2 Å². The Morgan fingerprint density at radius 2 is 1.77 bits per heavy atom. The van der Waals surface area contributed by atoms with E-state index in [2.05, 4.69) is 36.9 Å². The second kappa shape index (κ2) is 9.09. The number of fused-ring (bicyclic) bond motifs is 1. The molecule has 1 unspecified atom stereocenters. The molecule has 2 aromatic rings. The average molecular weight is 354 g/mol. The summed E-state index contributed by atoms with van der Waals surface area (Å²) in [6.07, 6.45) is 5.56. The fourth-order valence-corrected chi connectivity index (χ4v) is 4.04. The van der Waals surface area contributed by atoms with Crippen LogP contribution in [0.4, 0.5) is 0 Å². The van der Waals surface area contributed by atoms with Gasteiger partial charge < -0.3 is 14.7 Å². The smallest absolute Gasteiger partial charge is 0.164 e. The predicted molar refractivity (Wildman–Crippen MR) is 107 cm³/mol. The molecule has 0 heterocycles. The number of ether oxygens (including phenoxy) is 1. The Kier molecular flexibility index (Phi) is 6.56. The van der Waals surface area contributed by atoms with Crippen LogP contribution in [-0.4, -0.2) is 29.1 Å². The number of phenols is 1. The summed E-state index contributed by atoms with van der Waals surface area (Å²) in [6, 6.07) is 14.6. The molecule has 1 aliphatic rings. The Labute approximate surface area is 157 Å². The van der Waals surface area contributed by atoms with Crippen molar-refractivity contribution in [1.82, 2.24) is 4.90 Å². The third kappa shape index (κ3) is 4.39. The molecule has 3 nitrogen and oxygen atoms in total. The van der Waals surface area contributed by atoms with Crippen LogP contribution in [0, 0.1) is 0 Å². The first-order valence-electron chi connectivity index (χ1n) is 9.97. The van der Waals surface area contributed by atoms with Gasteiger partial charge in [0.25, 0.3) is 0 Å².